The average molecular weight is 485 g/mol. The van der Waals surface area contributed by atoms with Crippen LogP contribution in [0.4, 0.5) is 0 Å². The van der Waals surface area contributed by atoms with Gasteiger partial charge in [0.2, 0.25) is 3.79 Å². The minimum absolute atomic E-state index is 0.00251. The van der Waals surface area contributed by atoms with Crippen molar-refractivity contribution in [2.24, 2.45) is 5.92 Å². The molecule has 0 aromatic carbocycles. The Morgan fingerprint density at radius 3 is 1.92 bits per heavy atom. The lowest BCUT2D eigenvalue weighted by atomic mass is 9.93. The molecule has 0 bridgehead atoms. The van der Waals surface area contributed by atoms with E-state index in [0.29, 0.717) is 25.8 Å². The minimum atomic E-state index is -2.66. The molecule has 8 heteroatoms. The number of carbonyl (C=O) groups excluding carboxylic acids is 4. The van der Waals surface area contributed by atoms with Gasteiger partial charge in [0.15, 0.2) is 0 Å². The zero-order valence-electron chi connectivity index (χ0n) is 15.4. The van der Waals surface area contributed by atoms with Crippen LogP contribution in [0.15, 0.2) is 0 Å². The van der Waals surface area contributed by atoms with Gasteiger partial charge in [-0.05, 0) is 39.5 Å². The molecule has 0 radical (unpaired) electrons. The van der Waals surface area contributed by atoms with Crippen molar-refractivity contribution in [3.05, 3.63) is 0 Å². The SMILES string of the molecule is C=S(C)(=O)N(CCCC[C@@H](CC(C)=O)C(C)=O)[C@@H](CC(C)=O)C(=O)I. The highest BCUT2D eigenvalue weighted by Gasteiger charge is 2.29. The van der Waals surface area contributed by atoms with Crippen LogP contribution >= 0.6 is 22.6 Å². The molecule has 0 aliphatic heterocycles. The number of nitrogens with zero attached hydrogens (tertiary/aromatic N) is 1. The highest BCUT2D eigenvalue weighted by Crippen LogP contribution is 2.19. The van der Waals surface area contributed by atoms with Crippen LogP contribution in [0.1, 0.15) is 52.9 Å². The van der Waals surface area contributed by atoms with E-state index in [1.165, 1.54) is 31.3 Å². The minimum Gasteiger partial charge on any atom is -0.300 e. The van der Waals surface area contributed by atoms with Gasteiger partial charge in [-0.1, -0.05) is 6.42 Å². The van der Waals surface area contributed by atoms with Gasteiger partial charge in [0, 0.05) is 63.9 Å². The van der Waals surface area contributed by atoms with E-state index in [4.69, 9.17) is 0 Å². The van der Waals surface area contributed by atoms with Crippen molar-refractivity contribution in [2.75, 3.05) is 12.8 Å². The fraction of sp³-hybridized carbons (Fsp3) is 0.706. The van der Waals surface area contributed by atoms with Crippen LogP contribution in [0.5, 0.6) is 0 Å². The third-order valence-corrected chi connectivity index (χ3v) is 6.02. The van der Waals surface area contributed by atoms with Gasteiger partial charge in [-0.2, -0.15) is 0 Å². The summed E-state index contributed by atoms with van der Waals surface area (Å²) in [6.45, 7) is 4.68. The summed E-state index contributed by atoms with van der Waals surface area (Å²) in [4.78, 5) is 46.1. The van der Waals surface area contributed by atoms with Crippen molar-refractivity contribution in [1.29, 1.82) is 0 Å². The Morgan fingerprint density at radius 2 is 1.56 bits per heavy atom. The third kappa shape index (κ3) is 10.2. The predicted octanol–water partition coefficient (Wildman–Crippen LogP) is 2.21. The van der Waals surface area contributed by atoms with E-state index in [0.717, 1.165) is 0 Å². The number of carbonyl (C=O) groups is 4. The lowest BCUT2D eigenvalue weighted by molar-refractivity contribution is -0.126. The molecule has 0 heterocycles. The monoisotopic (exact) mass is 485 g/mol. The molecule has 0 fully saturated rings. The van der Waals surface area contributed by atoms with Gasteiger partial charge in [-0.3, -0.25) is 18.6 Å². The highest BCUT2D eigenvalue weighted by molar-refractivity contribution is 14.1. The number of hydrogen-bond acceptors (Lipinski definition) is 5. The van der Waals surface area contributed by atoms with Gasteiger partial charge >= 0.3 is 0 Å². The van der Waals surface area contributed by atoms with Crippen molar-refractivity contribution in [3.63, 3.8) is 0 Å². The van der Waals surface area contributed by atoms with Crippen LogP contribution in [-0.2, 0) is 28.9 Å². The second kappa shape index (κ2) is 11.2. The van der Waals surface area contributed by atoms with E-state index >= 15 is 0 Å². The van der Waals surface area contributed by atoms with E-state index in [2.05, 4.69) is 5.87 Å². The number of rotatable bonds is 13. The van der Waals surface area contributed by atoms with Crippen molar-refractivity contribution in [2.45, 2.75) is 58.9 Å². The largest absolute Gasteiger partial charge is 0.300 e. The average Bonchev–Trinajstić information content (AvgIpc) is 2.41. The molecule has 3 atom stereocenters. The molecule has 0 aliphatic rings. The van der Waals surface area contributed by atoms with Gasteiger partial charge in [0.1, 0.15) is 17.3 Å². The van der Waals surface area contributed by atoms with Crippen LogP contribution in [0.25, 0.3) is 0 Å². The van der Waals surface area contributed by atoms with Crippen LogP contribution in [0.2, 0.25) is 0 Å². The Balaban J connectivity index is 4.90. The summed E-state index contributed by atoms with van der Waals surface area (Å²) < 4.78 is 13.7. The molecule has 0 rings (SSSR count). The molecule has 0 aromatic rings. The van der Waals surface area contributed by atoms with Crippen molar-refractivity contribution < 1.29 is 23.4 Å². The number of ketones is 3. The first-order valence-corrected chi connectivity index (χ1v) is 11.3. The number of halogens is 1. The van der Waals surface area contributed by atoms with Crippen LogP contribution in [0, 0.1) is 5.92 Å². The van der Waals surface area contributed by atoms with Gasteiger partial charge < -0.3 is 4.79 Å². The molecule has 0 saturated heterocycles. The molecular weight excluding hydrogens is 457 g/mol. The third-order valence-electron chi connectivity index (χ3n) is 3.88. The lowest BCUT2D eigenvalue weighted by Crippen LogP contribution is -2.44. The van der Waals surface area contributed by atoms with E-state index in [-0.39, 0.29) is 39.9 Å². The summed E-state index contributed by atoms with van der Waals surface area (Å²) in [5.74, 6) is 3.17. The fourth-order valence-corrected chi connectivity index (χ4v) is 4.61. The van der Waals surface area contributed by atoms with E-state index in [1.54, 1.807) is 22.6 Å². The second-order valence-electron chi connectivity index (χ2n) is 6.54. The second-order valence-corrected chi connectivity index (χ2v) is 9.99. The standard InChI is InChI=1S/C17H28INO5S/c1-12(20)10-15(14(3)22)8-6-7-9-19(25(4,5)24)16(17(18)23)11-13(2)21/h15-16H,4,6-11H2,1-3,5H3/t15-,16-,25?/m0/s1. The Kier molecular flexibility index (Phi) is 10.9. The van der Waals surface area contributed by atoms with Gasteiger partial charge in [-0.25, -0.2) is 4.31 Å². The van der Waals surface area contributed by atoms with E-state index in [1.807, 2.05) is 0 Å². The lowest BCUT2D eigenvalue weighted by Gasteiger charge is -2.30. The van der Waals surface area contributed by atoms with Crippen LogP contribution in [0.3, 0.4) is 0 Å². The first-order chi connectivity index (χ1) is 11.4. The van der Waals surface area contributed by atoms with Crippen molar-refractivity contribution in [1.82, 2.24) is 4.31 Å². The first kappa shape index (κ1) is 24.4. The van der Waals surface area contributed by atoms with Gasteiger partial charge in [0.25, 0.3) is 0 Å². The molecule has 0 N–H and O–H groups in total. The zero-order valence-corrected chi connectivity index (χ0v) is 18.4. The van der Waals surface area contributed by atoms with E-state index in [9.17, 15) is 23.4 Å². The summed E-state index contributed by atoms with van der Waals surface area (Å²) in [7, 11) is -2.66. The Hall–Kier alpha value is -0.610. The van der Waals surface area contributed by atoms with Crippen molar-refractivity contribution >= 4 is 59.3 Å². The quantitative estimate of drug-likeness (QED) is 0.173. The predicted molar refractivity (Wildman–Crippen MR) is 109 cm³/mol. The van der Waals surface area contributed by atoms with Crippen molar-refractivity contribution in [3.8, 4) is 0 Å². The Labute approximate surface area is 164 Å². The number of unbranched alkanes of at least 4 members (excludes halogenated alkanes) is 1. The molecular formula is C17H28INO5S. The smallest absolute Gasteiger partial charge is 0.210 e. The molecule has 25 heavy (non-hydrogen) atoms. The van der Waals surface area contributed by atoms with E-state index < -0.39 is 15.7 Å². The summed E-state index contributed by atoms with van der Waals surface area (Å²) in [6, 6.07) is -0.756. The Morgan fingerprint density at radius 1 is 1.04 bits per heavy atom. The van der Waals surface area contributed by atoms with Gasteiger partial charge in [0.05, 0.1) is 6.04 Å². The number of Topliss-reactive ketones (excluding diaryl/α,β-unsaturated/α-hetero) is 3. The Bertz CT molecular complexity index is 615. The molecule has 6 nitrogen and oxygen atoms in total. The molecule has 0 aliphatic carbocycles. The molecule has 0 saturated carbocycles. The summed E-state index contributed by atoms with van der Waals surface area (Å²) in [5, 5.41) is 0. The summed E-state index contributed by atoms with van der Waals surface area (Å²) in [5.41, 5.74) is 0. The highest BCUT2D eigenvalue weighted by atomic mass is 127. The van der Waals surface area contributed by atoms with Gasteiger partial charge in [-0.15, -0.1) is 0 Å². The van der Waals surface area contributed by atoms with Crippen LogP contribution in [-0.4, -0.2) is 54.4 Å². The molecule has 0 aromatic heterocycles. The maximum absolute atomic E-state index is 12.4. The summed E-state index contributed by atoms with van der Waals surface area (Å²) in [6.07, 6.45) is 3.51. The molecule has 1 unspecified atom stereocenters. The fourth-order valence-electron chi connectivity index (χ4n) is 2.64. The number of hydrogen-bond donors (Lipinski definition) is 0. The zero-order chi connectivity index (χ0) is 19.8. The summed E-state index contributed by atoms with van der Waals surface area (Å²) >= 11 is 1.62. The topological polar surface area (TPSA) is 88.6 Å². The van der Waals surface area contributed by atoms with Crippen LogP contribution < -0.4 is 0 Å². The normalized spacial score (nSPS) is 16.1. The maximum Gasteiger partial charge on any atom is 0.210 e. The maximum atomic E-state index is 12.4. The first-order valence-electron chi connectivity index (χ1n) is 8.14. The molecule has 0 amide bonds. The molecule has 0 spiro atoms. The molecule has 144 valence electrons.